The van der Waals surface area contributed by atoms with Crippen LogP contribution in [0.4, 0.5) is 0 Å². The van der Waals surface area contributed by atoms with Crippen molar-refractivity contribution in [3.8, 4) is 0 Å². The number of H-pyrrole nitrogens is 2. The zero-order valence-electron chi connectivity index (χ0n) is 25.0. The van der Waals surface area contributed by atoms with Crippen molar-refractivity contribution in [3.63, 3.8) is 0 Å². The van der Waals surface area contributed by atoms with Crippen molar-refractivity contribution >= 4 is 39.3 Å². The quantitative estimate of drug-likeness (QED) is 0.0921. The van der Waals surface area contributed by atoms with E-state index in [1.807, 2.05) is 74.8 Å². The van der Waals surface area contributed by atoms with Crippen molar-refractivity contribution in [2.75, 3.05) is 20.3 Å². The number of fused-ring (bicyclic) bond motifs is 2. The third-order valence-corrected chi connectivity index (χ3v) is 7.40. The summed E-state index contributed by atoms with van der Waals surface area (Å²) in [5.41, 5.74) is 4.01. The Morgan fingerprint density at radius 3 is 2.14 bits per heavy atom. The van der Waals surface area contributed by atoms with Gasteiger partial charge in [-0.05, 0) is 42.5 Å². The number of benzene rings is 2. The van der Waals surface area contributed by atoms with Gasteiger partial charge in [0.2, 0.25) is 5.91 Å². The number of carbonyl (C=O) groups excluding carboxylic acids is 2. The van der Waals surface area contributed by atoms with E-state index in [4.69, 9.17) is 9.57 Å². The molecule has 6 N–H and O–H groups in total. The van der Waals surface area contributed by atoms with E-state index in [9.17, 15) is 19.8 Å². The van der Waals surface area contributed by atoms with Gasteiger partial charge in [-0.25, -0.2) is 0 Å². The van der Waals surface area contributed by atoms with Crippen molar-refractivity contribution in [3.05, 3.63) is 72.1 Å². The van der Waals surface area contributed by atoms with Crippen LogP contribution in [0.25, 0.3) is 21.8 Å². The summed E-state index contributed by atoms with van der Waals surface area (Å²) < 4.78 is 5.44. The van der Waals surface area contributed by atoms with Gasteiger partial charge in [-0.2, -0.15) is 0 Å². The molecule has 11 heteroatoms. The zero-order valence-corrected chi connectivity index (χ0v) is 25.0. The lowest BCUT2D eigenvalue weighted by Crippen LogP contribution is -2.49. The summed E-state index contributed by atoms with van der Waals surface area (Å²) in [7, 11) is 1.47. The lowest BCUT2D eigenvalue weighted by Gasteiger charge is -2.25. The number of aliphatic hydroxyl groups is 2. The Hall–Kier alpha value is -4.19. The highest BCUT2D eigenvalue weighted by Gasteiger charge is 2.30. The lowest BCUT2D eigenvalue weighted by atomic mass is 9.96. The Kier molecular flexibility index (Phi) is 10.9. The van der Waals surface area contributed by atoms with Gasteiger partial charge in [-0.15, -0.1) is 0 Å². The second kappa shape index (κ2) is 14.8. The van der Waals surface area contributed by atoms with Crippen molar-refractivity contribution in [1.29, 1.82) is 0 Å². The topological polar surface area (TPSA) is 161 Å². The first-order chi connectivity index (χ1) is 20.7. The molecule has 2 aromatic heterocycles. The number of oxime groups is 1. The maximum absolute atomic E-state index is 13.4. The molecule has 2 aromatic carbocycles. The molecular weight excluding hydrogens is 550 g/mol. The molecule has 0 aliphatic heterocycles. The van der Waals surface area contributed by atoms with E-state index < -0.39 is 36.9 Å². The first-order valence-corrected chi connectivity index (χ1v) is 14.4. The summed E-state index contributed by atoms with van der Waals surface area (Å²) in [5, 5.41) is 32.1. The number of rotatable bonds is 15. The summed E-state index contributed by atoms with van der Waals surface area (Å²) in [5.74, 6) is -0.973. The Morgan fingerprint density at radius 1 is 0.930 bits per heavy atom. The number of aromatic amines is 2. The summed E-state index contributed by atoms with van der Waals surface area (Å²) >= 11 is 0. The number of amides is 2. The minimum Gasteiger partial charge on any atom is -0.390 e. The van der Waals surface area contributed by atoms with E-state index in [1.54, 1.807) is 0 Å². The molecule has 2 amide bonds. The molecule has 0 aliphatic carbocycles. The molecule has 4 aromatic rings. The van der Waals surface area contributed by atoms with Crippen molar-refractivity contribution in [2.45, 2.75) is 58.0 Å². The first kappa shape index (κ1) is 31.7. The van der Waals surface area contributed by atoms with Gasteiger partial charge in [-0.1, -0.05) is 55.4 Å². The summed E-state index contributed by atoms with van der Waals surface area (Å²) in [4.78, 5) is 38.1. The van der Waals surface area contributed by atoms with Gasteiger partial charge in [0.25, 0.3) is 5.91 Å². The third-order valence-electron chi connectivity index (χ3n) is 7.40. The van der Waals surface area contributed by atoms with E-state index in [-0.39, 0.29) is 24.0 Å². The maximum atomic E-state index is 13.4. The van der Waals surface area contributed by atoms with Crippen LogP contribution in [-0.4, -0.2) is 82.3 Å². The minimum absolute atomic E-state index is 0.0747. The maximum Gasteiger partial charge on any atom is 0.261 e. The van der Waals surface area contributed by atoms with Crippen LogP contribution >= 0.6 is 0 Å². The molecule has 43 heavy (non-hydrogen) atoms. The van der Waals surface area contributed by atoms with Crippen LogP contribution in [0.1, 0.15) is 31.9 Å². The molecule has 0 aliphatic rings. The standard InChI is InChI=1S/C32H41N5O6/c1-19(2)31(42-4)29(30(40)20(3)38)37-43-18-28(39)36-27(15-22-17-35-26-12-8-6-10-24(22)26)32(41)33-14-13-21-16-34-25-11-7-5-9-23(21)25/h5-12,16-17,19-20,27,30-31,34-35,38,40H,13-15,18H2,1-4H3,(H,33,41)(H,36,39)/b37-29+/t20-,27+,30+,31+/m1/s1. The number of aromatic nitrogens is 2. The Morgan fingerprint density at radius 2 is 1.53 bits per heavy atom. The fraction of sp³-hybridized carbons (Fsp3) is 0.406. The van der Waals surface area contributed by atoms with Crippen molar-refractivity contribution in [2.24, 2.45) is 11.1 Å². The lowest BCUT2D eigenvalue weighted by molar-refractivity contribution is -0.131. The van der Waals surface area contributed by atoms with E-state index in [0.717, 1.165) is 32.9 Å². The van der Waals surface area contributed by atoms with Crippen LogP contribution in [0.5, 0.6) is 0 Å². The fourth-order valence-corrected chi connectivity index (χ4v) is 5.17. The molecule has 0 fully saturated rings. The van der Waals surface area contributed by atoms with Crippen LogP contribution in [0.15, 0.2) is 66.1 Å². The van der Waals surface area contributed by atoms with Gasteiger partial charge in [0, 0.05) is 54.3 Å². The first-order valence-electron chi connectivity index (χ1n) is 14.4. The summed E-state index contributed by atoms with van der Waals surface area (Å²) in [6.07, 6.45) is 1.55. The highest BCUT2D eigenvalue weighted by molar-refractivity contribution is 5.93. The van der Waals surface area contributed by atoms with Crippen LogP contribution in [-0.2, 0) is 32.0 Å². The largest absolute Gasteiger partial charge is 0.390 e. The van der Waals surface area contributed by atoms with Crippen LogP contribution in [0, 0.1) is 5.92 Å². The molecule has 0 saturated heterocycles. The molecule has 4 atom stereocenters. The number of methoxy groups -OCH3 is 1. The van der Waals surface area contributed by atoms with Crippen molar-refractivity contribution < 1.29 is 29.4 Å². The second-order valence-corrected chi connectivity index (χ2v) is 11.0. The van der Waals surface area contributed by atoms with E-state index in [0.29, 0.717) is 13.0 Å². The Balaban J connectivity index is 1.44. The van der Waals surface area contributed by atoms with Gasteiger partial charge >= 0.3 is 0 Å². The van der Waals surface area contributed by atoms with Gasteiger partial charge in [-0.3, -0.25) is 9.59 Å². The smallest absolute Gasteiger partial charge is 0.261 e. The monoisotopic (exact) mass is 591 g/mol. The Labute approximate surface area is 250 Å². The molecule has 0 radical (unpaired) electrons. The van der Waals surface area contributed by atoms with Crippen LogP contribution < -0.4 is 10.6 Å². The van der Waals surface area contributed by atoms with E-state index >= 15 is 0 Å². The molecule has 4 rings (SSSR count). The number of aliphatic hydroxyl groups excluding tert-OH is 2. The Bertz CT molecular complexity index is 1540. The zero-order chi connectivity index (χ0) is 30.9. The van der Waals surface area contributed by atoms with Gasteiger partial charge in [0.1, 0.15) is 24.0 Å². The van der Waals surface area contributed by atoms with E-state index in [2.05, 4.69) is 25.8 Å². The number of carbonyl (C=O) groups is 2. The number of nitrogens with zero attached hydrogens (tertiary/aromatic N) is 1. The van der Waals surface area contributed by atoms with Crippen LogP contribution in [0.2, 0.25) is 0 Å². The van der Waals surface area contributed by atoms with Gasteiger partial charge in [0.05, 0.1) is 6.10 Å². The predicted molar refractivity (Wildman–Crippen MR) is 166 cm³/mol. The molecule has 11 nitrogen and oxygen atoms in total. The average molecular weight is 592 g/mol. The SMILES string of the molecule is CO[C@H](/C(=N/OCC(=O)N[C@@H](Cc1c[nH]c2ccccc12)C(=O)NCCc1c[nH]c2ccccc12)[C@@H](O)[C@@H](C)O)C(C)C. The minimum atomic E-state index is -1.34. The second-order valence-electron chi connectivity index (χ2n) is 11.0. The number of nitrogens with one attached hydrogen (secondary N) is 4. The molecule has 230 valence electrons. The highest BCUT2D eigenvalue weighted by atomic mass is 16.6. The molecule has 2 heterocycles. The highest BCUT2D eigenvalue weighted by Crippen LogP contribution is 2.20. The number of para-hydroxylation sites is 2. The molecule has 0 unspecified atom stereocenters. The predicted octanol–water partition coefficient (Wildman–Crippen LogP) is 2.82. The normalized spacial score (nSPS) is 14.9. The van der Waals surface area contributed by atoms with Gasteiger partial charge in [0.15, 0.2) is 6.61 Å². The summed E-state index contributed by atoms with van der Waals surface area (Å²) in [6.45, 7) is 5.05. The fourth-order valence-electron chi connectivity index (χ4n) is 5.17. The number of hydrogen-bond donors (Lipinski definition) is 6. The molecule has 0 bridgehead atoms. The average Bonchev–Trinajstić information content (AvgIpc) is 3.60. The summed E-state index contributed by atoms with van der Waals surface area (Å²) in [6, 6.07) is 14.9. The molecular formula is C32H41N5O6. The number of ether oxygens (including phenoxy) is 1. The van der Waals surface area contributed by atoms with Gasteiger partial charge < -0.3 is 40.4 Å². The van der Waals surface area contributed by atoms with E-state index in [1.165, 1.54) is 14.0 Å². The number of hydrogen-bond acceptors (Lipinski definition) is 7. The van der Waals surface area contributed by atoms with Crippen LogP contribution in [0.3, 0.4) is 0 Å². The molecule has 0 spiro atoms. The third kappa shape index (κ3) is 8.01. The molecule has 0 saturated carbocycles. The van der Waals surface area contributed by atoms with Crippen molar-refractivity contribution in [1.82, 2.24) is 20.6 Å².